The number of likely N-dealkylation sites (tertiary alicyclic amines) is 1. The standard InChI is InChI=1S/C42H47ClN6O3/c1-28-34(10-7-11-36(28)37-12-8-13-40(29(37)2)50-17-9-16-49-14-5-6-15-49)27-52-42-20-41(51-26-33-18-32(21-44)22-45-23-33)35(19-39(42)43)24-46-25-38-30(3)47-48-31(38)4/h7-8,10-13,18-20,22-23,46H,5-6,9,14-17,24-27H2,1-4H3,(H,47,48). The zero-order chi connectivity index (χ0) is 36.5. The number of aromatic amines is 1. The average molecular weight is 719 g/mol. The summed E-state index contributed by atoms with van der Waals surface area (Å²) < 4.78 is 19.0. The molecule has 0 unspecified atom stereocenters. The van der Waals surface area contributed by atoms with Crippen LogP contribution in [-0.4, -0.2) is 46.3 Å². The largest absolute Gasteiger partial charge is 0.493 e. The minimum Gasteiger partial charge on any atom is -0.493 e. The third kappa shape index (κ3) is 9.12. The SMILES string of the molecule is Cc1n[nH]c(C)c1CNCc1cc(Cl)c(OCc2cccc(-c3cccc(OCCCN4CCCC4)c3C)c2C)cc1OCc1cncc(C#N)c1. The number of hydrogen-bond acceptors (Lipinski definition) is 8. The molecule has 0 aliphatic carbocycles. The van der Waals surface area contributed by atoms with Gasteiger partial charge in [0, 0.05) is 60.5 Å². The van der Waals surface area contributed by atoms with Gasteiger partial charge in [0.1, 0.15) is 36.5 Å². The monoisotopic (exact) mass is 718 g/mol. The van der Waals surface area contributed by atoms with Crippen molar-refractivity contribution in [2.24, 2.45) is 0 Å². The first-order valence-corrected chi connectivity index (χ1v) is 18.4. The fourth-order valence-electron chi connectivity index (χ4n) is 6.73. The number of nitriles is 1. The molecule has 9 nitrogen and oxygen atoms in total. The number of rotatable bonds is 16. The van der Waals surface area contributed by atoms with E-state index in [9.17, 15) is 5.26 Å². The Balaban J connectivity index is 1.17. The summed E-state index contributed by atoms with van der Waals surface area (Å²) in [6.07, 6.45) is 6.88. The van der Waals surface area contributed by atoms with E-state index >= 15 is 0 Å². The van der Waals surface area contributed by atoms with E-state index in [1.165, 1.54) is 32.1 Å². The van der Waals surface area contributed by atoms with Crippen LogP contribution in [0.1, 0.15) is 69.6 Å². The van der Waals surface area contributed by atoms with Crippen LogP contribution in [0.15, 0.2) is 67.0 Å². The van der Waals surface area contributed by atoms with Crippen LogP contribution in [0.4, 0.5) is 0 Å². The Morgan fingerprint density at radius 2 is 1.62 bits per heavy atom. The highest BCUT2D eigenvalue weighted by Crippen LogP contribution is 2.36. The van der Waals surface area contributed by atoms with Crippen molar-refractivity contribution < 1.29 is 14.2 Å². The highest BCUT2D eigenvalue weighted by atomic mass is 35.5. The van der Waals surface area contributed by atoms with Gasteiger partial charge in [-0.2, -0.15) is 10.4 Å². The van der Waals surface area contributed by atoms with Crippen LogP contribution in [0.25, 0.3) is 11.1 Å². The fourth-order valence-corrected chi connectivity index (χ4v) is 6.97. The summed E-state index contributed by atoms with van der Waals surface area (Å²) in [4.78, 5) is 6.70. The van der Waals surface area contributed by atoms with Crippen molar-refractivity contribution in [2.75, 3.05) is 26.2 Å². The molecule has 0 saturated carbocycles. The molecule has 0 atom stereocenters. The Morgan fingerprint density at radius 1 is 0.846 bits per heavy atom. The number of nitrogens with zero attached hydrogens (tertiary/aromatic N) is 4. The molecule has 0 spiro atoms. The Labute approximate surface area is 311 Å². The molecule has 1 aliphatic heterocycles. The van der Waals surface area contributed by atoms with Gasteiger partial charge in [-0.05, 0) is 106 Å². The normalized spacial score (nSPS) is 12.9. The van der Waals surface area contributed by atoms with Gasteiger partial charge in [0.15, 0.2) is 0 Å². The summed E-state index contributed by atoms with van der Waals surface area (Å²) >= 11 is 6.86. The highest BCUT2D eigenvalue weighted by molar-refractivity contribution is 6.32. The molecule has 3 heterocycles. The minimum absolute atomic E-state index is 0.234. The number of H-pyrrole nitrogens is 1. The molecule has 1 saturated heterocycles. The second kappa shape index (κ2) is 17.6. The number of benzene rings is 3. The Morgan fingerprint density at radius 3 is 2.38 bits per heavy atom. The number of aryl methyl sites for hydroxylation is 2. The summed E-state index contributed by atoms with van der Waals surface area (Å²) in [5.41, 5.74) is 10.9. The van der Waals surface area contributed by atoms with E-state index in [1.807, 2.05) is 26.0 Å². The summed E-state index contributed by atoms with van der Waals surface area (Å²) in [5.74, 6) is 2.09. The van der Waals surface area contributed by atoms with Gasteiger partial charge in [-0.3, -0.25) is 10.1 Å². The molecule has 5 aromatic rings. The molecule has 2 N–H and O–H groups in total. The van der Waals surface area contributed by atoms with Gasteiger partial charge in [-0.1, -0.05) is 41.9 Å². The Bertz CT molecular complexity index is 2010. The van der Waals surface area contributed by atoms with Crippen molar-refractivity contribution in [1.82, 2.24) is 25.4 Å². The lowest BCUT2D eigenvalue weighted by atomic mass is 9.93. The summed E-state index contributed by atoms with van der Waals surface area (Å²) in [6, 6.07) is 20.3. The number of halogens is 1. The van der Waals surface area contributed by atoms with Crippen molar-refractivity contribution in [3.63, 3.8) is 0 Å². The van der Waals surface area contributed by atoms with Gasteiger partial charge in [0.05, 0.1) is 22.9 Å². The first-order chi connectivity index (χ1) is 25.3. The highest BCUT2D eigenvalue weighted by Gasteiger charge is 2.16. The quantitative estimate of drug-likeness (QED) is 0.0978. The van der Waals surface area contributed by atoms with E-state index < -0.39 is 0 Å². The number of ether oxygens (including phenoxy) is 3. The lowest BCUT2D eigenvalue weighted by molar-refractivity contribution is 0.262. The van der Waals surface area contributed by atoms with Crippen molar-refractivity contribution in [2.45, 2.75) is 73.3 Å². The number of aromatic nitrogens is 3. The maximum Gasteiger partial charge on any atom is 0.142 e. The fraction of sp³-hybridized carbons (Fsp3) is 0.357. The lowest BCUT2D eigenvalue weighted by Gasteiger charge is -2.19. The van der Waals surface area contributed by atoms with Crippen LogP contribution in [0.2, 0.25) is 5.02 Å². The number of pyridine rings is 1. The zero-order valence-electron chi connectivity index (χ0n) is 30.5. The van der Waals surface area contributed by atoms with E-state index in [0.29, 0.717) is 48.4 Å². The molecule has 2 aromatic heterocycles. The molecule has 0 bridgehead atoms. The number of nitrogens with one attached hydrogen (secondary N) is 2. The predicted octanol–water partition coefficient (Wildman–Crippen LogP) is 8.54. The third-order valence-electron chi connectivity index (χ3n) is 9.81. The predicted molar refractivity (Wildman–Crippen MR) is 205 cm³/mol. The van der Waals surface area contributed by atoms with E-state index in [1.54, 1.807) is 12.3 Å². The van der Waals surface area contributed by atoms with Gasteiger partial charge >= 0.3 is 0 Å². The van der Waals surface area contributed by atoms with Crippen LogP contribution < -0.4 is 19.5 Å². The van der Waals surface area contributed by atoms with Crippen LogP contribution in [-0.2, 0) is 26.3 Å². The molecule has 0 radical (unpaired) electrons. The summed E-state index contributed by atoms with van der Waals surface area (Å²) in [6.45, 7) is 14.2. The Kier molecular flexibility index (Phi) is 12.5. The first-order valence-electron chi connectivity index (χ1n) is 18.0. The topological polar surface area (TPSA) is 108 Å². The molecule has 270 valence electrons. The van der Waals surface area contributed by atoms with E-state index in [2.05, 4.69) is 81.7 Å². The van der Waals surface area contributed by atoms with Crippen LogP contribution in [0.5, 0.6) is 17.2 Å². The van der Waals surface area contributed by atoms with E-state index in [4.69, 9.17) is 25.8 Å². The van der Waals surface area contributed by atoms with Gasteiger partial charge in [-0.15, -0.1) is 0 Å². The van der Waals surface area contributed by atoms with E-state index in [-0.39, 0.29) is 6.61 Å². The summed E-state index contributed by atoms with van der Waals surface area (Å²) in [5, 5.41) is 20.7. The molecule has 3 aromatic carbocycles. The van der Waals surface area contributed by atoms with Gasteiger partial charge in [0.2, 0.25) is 0 Å². The van der Waals surface area contributed by atoms with Crippen molar-refractivity contribution in [3.8, 4) is 34.4 Å². The van der Waals surface area contributed by atoms with Crippen molar-refractivity contribution in [3.05, 3.63) is 122 Å². The van der Waals surface area contributed by atoms with Gasteiger partial charge in [-0.25, -0.2) is 0 Å². The van der Waals surface area contributed by atoms with Crippen LogP contribution in [0, 0.1) is 39.0 Å². The maximum absolute atomic E-state index is 9.34. The lowest BCUT2D eigenvalue weighted by Crippen LogP contribution is -2.22. The molecule has 10 heteroatoms. The molecule has 6 rings (SSSR count). The molecular weight excluding hydrogens is 672 g/mol. The van der Waals surface area contributed by atoms with E-state index in [0.717, 1.165) is 74.6 Å². The van der Waals surface area contributed by atoms with Gasteiger partial charge in [0.25, 0.3) is 0 Å². The summed E-state index contributed by atoms with van der Waals surface area (Å²) in [7, 11) is 0. The maximum atomic E-state index is 9.34. The van der Waals surface area contributed by atoms with Crippen molar-refractivity contribution >= 4 is 11.6 Å². The zero-order valence-corrected chi connectivity index (χ0v) is 31.3. The third-order valence-corrected chi connectivity index (χ3v) is 10.1. The smallest absolute Gasteiger partial charge is 0.142 e. The second-order valence-corrected chi connectivity index (χ2v) is 13.9. The average Bonchev–Trinajstić information content (AvgIpc) is 3.79. The second-order valence-electron chi connectivity index (χ2n) is 13.4. The molecule has 1 aliphatic rings. The van der Waals surface area contributed by atoms with Crippen molar-refractivity contribution in [1.29, 1.82) is 5.26 Å². The van der Waals surface area contributed by atoms with Crippen LogP contribution in [0.3, 0.4) is 0 Å². The first kappa shape index (κ1) is 36.9. The minimum atomic E-state index is 0.234. The molecule has 52 heavy (non-hydrogen) atoms. The number of hydrogen-bond donors (Lipinski definition) is 2. The molecule has 0 amide bonds. The Hall–Kier alpha value is -4.88. The van der Waals surface area contributed by atoms with Gasteiger partial charge < -0.3 is 24.4 Å². The molecular formula is C42H47ClN6O3. The molecule has 1 fully saturated rings. The van der Waals surface area contributed by atoms with Crippen LogP contribution >= 0.6 is 11.6 Å².